The van der Waals surface area contributed by atoms with Crippen molar-refractivity contribution in [2.45, 2.75) is 58.7 Å². The molecule has 1 aliphatic heterocycles. The molecule has 0 radical (unpaired) electrons. The number of hydrogen-bond acceptors (Lipinski definition) is 6. The zero-order chi connectivity index (χ0) is 24.7. The van der Waals surface area contributed by atoms with Crippen molar-refractivity contribution < 1.29 is 19.0 Å². The van der Waals surface area contributed by atoms with Gasteiger partial charge >= 0.3 is 0 Å². The predicted molar refractivity (Wildman–Crippen MR) is 149 cm³/mol. The number of imidazole rings is 1. The van der Waals surface area contributed by atoms with Gasteiger partial charge in [-0.25, -0.2) is 14.4 Å². The van der Waals surface area contributed by atoms with Crippen molar-refractivity contribution in [2.24, 2.45) is 0 Å². The molecule has 3 heterocycles. The Bertz CT molecular complexity index is 1260. The molecular formula is C24H33ClFN5O3S2. The molecule has 1 fully saturated rings. The normalized spacial score (nSPS) is 16.4. The van der Waals surface area contributed by atoms with Gasteiger partial charge in [-0.1, -0.05) is 18.5 Å². The number of carbonyl (C=O) groups is 1. The maximum absolute atomic E-state index is 15.4. The van der Waals surface area contributed by atoms with E-state index in [2.05, 4.69) is 4.98 Å². The Morgan fingerprint density at radius 3 is 2.67 bits per heavy atom. The molecule has 0 spiro atoms. The number of piperidine rings is 1. The number of aliphatic hydroxyl groups excluding tert-OH is 1. The van der Waals surface area contributed by atoms with Crippen molar-refractivity contribution in [1.29, 1.82) is 0 Å². The molecule has 1 aromatic carbocycles. The molecule has 0 saturated carbocycles. The average Bonchev–Trinajstić information content (AvgIpc) is 3.13. The number of ether oxygens (including phenoxy) is 1. The molecule has 36 heavy (non-hydrogen) atoms. The molecule has 198 valence electrons. The number of β-amino-alcohol motifs (C(OH)–C–C–N with tert-alkyl or cyclic N) is 1. The van der Waals surface area contributed by atoms with Gasteiger partial charge in [0.25, 0.3) is 5.91 Å². The molecule has 12 heteroatoms. The first-order valence-corrected chi connectivity index (χ1v) is 11.7. The predicted octanol–water partition coefficient (Wildman–Crippen LogP) is 4.17. The summed E-state index contributed by atoms with van der Waals surface area (Å²) in [4.78, 5) is 23.8. The zero-order valence-electron chi connectivity index (χ0n) is 20.7. The number of aromatic nitrogens is 3. The van der Waals surface area contributed by atoms with Crippen molar-refractivity contribution in [3.05, 3.63) is 51.9 Å². The molecule has 0 bridgehead atoms. The maximum atomic E-state index is 15.4. The molecule has 3 N–H and O–H groups in total. The lowest BCUT2D eigenvalue weighted by Gasteiger charge is -2.31. The van der Waals surface area contributed by atoms with Crippen LogP contribution in [0.5, 0.6) is 5.75 Å². The van der Waals surface area contributed by atoms with Gasteiger partial charge in [-0.3, -0.25) is 9.20 Å². The number of likely N-dealkylation sites (tertiary alicyclic amines) is 1. The number of hydrogen-bond donors (Lipinski definition) is 2. The number of amides is 1. The van der Waals surface area contributed by atoms with E-state index in [0.717, 1.165) is 0 Å². The molecule has 0 unspecified atom stereocenters. The maximum Gasteiger partial charge on any atom is 0.260 e. The van der Waals surface area contributed by atoms with Crippen molar-refractivity contribution in [3.63, 3.8) is 0 Å². The van der Waals surface area contributed by atoms with Crippen LogP contribution in [0.25, 0.3) is 5.52 Å². The highest BCUT2D eigenvalue weighted by atomic mass is 35.5. The number of fused-ring (bicyclic) bond motifs is 1. The molecule has 4 rings (SSSR count). The summed E-state index contributed by atoms with van der Waals surface area (Å²) < 4.78 is 23.3. The number of anilines is 1. The Morgan fingerprint density at radius 1 is 1.33 bits per heavy atom. The minimum absolute atomic E-state index is 0. The van der Waals surface area contributed by atoms with Gasteiger partial charge in [0.2, 0.25) is 0 Å². The van der Waals surface area contributed by atoms with Crippen molar-refractivity contribution in [2.75, 3.05) is 18.8 Å². The van der Waals surface area contributed by atoms with Crippen LogP contribution in [0.1, 0.15) is 67.0 Å². The third kappa shape index (κ3) is 5.53. The summed E-state index contributed by atoms with van der Waals surface area (Å²) >= 11 is 6.31. The summed E-state index contributed by atoms with van der Waals surface area (Å²) in [6, 6.07) is 1.49. The smallest absolute Gasteiger partial charge is 0.260 e. The highest BCUT2D eigenvalue weighted by Crippen LogP contribution is 2.40. The summed E-state index contributed by atoms with van der Waals surface area (Å²) in [6.45, 7) is 7.89. The molecule has 2 aromatic heterocycles. The molecule has 2 atom stereocenters. The van der Waals surface area contributed by atoms with E-state index in [1.165, 1.54) is 11.0 Å². The summed E-state index contributed by atoms with van der Waals surface area (Å²) in [5.74, 6) is -0.707. The number of nitrogens with zero attached hydrogens (tertiary/aromatic N) is 4. The van der Waals surface area contributed by atoms with Gasteiger partial charge in [0.1, 0.15) is 28.5 Å². The highest BCUT2D eigenvalue weighted by molar-refractivity contribution is 7.59. The van der Waals surface area contributed by atoms with Crippen LogP contribution in [-0.4, -0.2) is 55.6 Å². The third-order valence-electron chi connectivity index (χ3n) is 6.09. The second-order valence-corrected chi connectivity index (χ2v) is 9.39. The van der Waals surface area contributed by atoms with Crippen LogP contribution in [0.4, 0.5) is 10.2 Å². The quantitative estimate of drug-likeness (QED) is 0.487. The molecule has 1 aliphatic rings. The van der Waals surface area contributed by atoms with Crippen molar-refractivity contribution >= 4 is 55.8 Å². The third-order valence-corrected chi connectivity index (χ3v) is 6.37. The van der Waals surface area contributed by atoms with Crippen LogP contribution in [0.15, 0.2) is 18.5 Å². The number of halogens is 2. The van der Waals surface area contributed by atoms with Gasteiger partial charge in [-0.2, -0.15) is 27.0 Å². The lowest BCUT2D eigenvalue weighted by molar-refractivity contribution is 0.0464. The van der Waals surface area contributed by atoms with Gasteiger partial charge in [-0.05, 0) is 39.7 Å². The van der Waals surface area contributed by atoms with Crippen LogP contribution in [-0.2, 0) is 0 Å². The van der Waals surface area contributed by atoms with E-state index in [1.807, 2.05) is 18.2 Å². The average molecular weight is 558 g/mol. The Labute approximate surface area is 228 Å². The standard InChI is InChI=1S/C24H29ClFN5O3.2H2S/c1-12(2)34-21-16(13(3)23-29-14(4)20-22(27)28-7-9-31(20)23)10-17(25)19(26)18(21)24(33)30-8-5-6-15(32)11-30;;/h7,9-10,12-13,15,32H,5-6,8,11H2,1-4H3,(H2,27,28);2*1H2/t13-,15-;;/m0../s1. The monoisotopic (exact) mass is 557 g/mol. The molecule has 3 aromatic rings. The number of rotatable bonds is 5. The fourth-order valence-electron chi connectivity index (χ4n) is 4.51. The molecule has 8 nitrogen and oxygen atoms in total. The highest BCUT2D eigenvalue weighted by Gasteiger charge is 2.33. The number of nitrogens with two attached hydrogens (primary N) is 1. The number of nitrogen functional groups attached to an aromatic ring is 1. The summed E-state index contributed by atoms with van der Waals surface area (Å²) in [7, 11) is 0. The largest absolute Gasteiger partial charge is 0.490 e. The lowest BCUT2D eigenvalue weighted by atomic mass is 9.95. The zero-order valence-corrected chi connectivity index (χ0v) is 23.4. The topological polar surface area (TPSA) is 106 Å². The second-order valence-electron chi connectivity index (χ2n) is 8.99. The molecule has 0 aliphatic carbocycles. The summed E-state index contributed by atoms with van der Waals surface area (Å²) in [6.07, 6.45) is 3.60. The van der Waals surface area contributed by atoms with E-state index in [1.54, 1.807) is 26.2 Å². The number of aliphatic hydroxyl groups is 1. The fraction of sp³-hybridized carbons (Fsp3) is 0.458. The van der Waals surface area contributed by atoms with Gasteiger partial charge in [0, 0.05) is 37.0 Å². The van der Waals surface area contributed by atoms with Gasteiger partial charge in [0.05, 0.1) is 22.9 Å². The Morgan fingerprint density at radius 2 is 2.03 bits per heavy atom. The number of aryl methyl sites for hydroxylation is 1. The number of carbonyl (C=O) groups excluding carboxylic acids is 1. The number of benzene rings is 1. The van der Waals surface area contributed by atoms with Crippen LogP contribution >= 0.6 is 38.6 Å². The van der Waals surface area contributed by atoms with E-state index in [-0.39, 0.29) is 56.0 Å². The first-order chi connectivity index (χ1) is 16.1. The van der Waals surface area contributed by atoms with Gasteiger partial charge in [0.15, 0.2) is 5.82 Å². The van der Waals surface area contributed by atoms with E-state index < -0.39 is 23.7 Å². The molecule has 1 amide bonds. The Balaban J connectivity index is 0.00000228. The second kappa shape index (κ2) is 11.9. The van der Waals surface area contributed by atoms with Gasteiger partial charge in [-0.15, -0.1) is 0 Å². The fourth-order valence-corrected chi connectivity index (χ4v) is 4.73. The van der Waals surface area contributed by atoms with E-state index in [4.69, 9.17) is 27.1 Å². The van der Waals surface area contributed by atoms with Gasteiger partial charge < -0.3 is 20.5 Å². The summed E-state index contributed by atoms with van der Waals surface area (Å²) in [5, 5.41) is 9.88. The lowest BCUT2D eigenvalue weighted by Crippen LogP contribution is -2.42. The van der Waals surface area contributed by atoms with Crippen molar-refractivity contribution in [3.8, 4) is 5.75 Å². The van der Waals surface area contributed by atoms with Crippen LogP contribution in [0, 0.1) is 12.7 Å². The van der Waals surface area contributed by atoms with Crippen molar-refractivity contribution in [1.82, 2.24) is 19.3 Å². The van der Waals surface area contributed by atoms with Crippen LogP contribution in [0.2, 0.25) is 5.02 Å². The first kappa shape index (κ1) is 30.0. The van der Waals surface area contributed by atoms with E-state index in [0.29, 0.717) is 47.8 Å². The summed E-state index contributed by atoms with van der Waals surface area (Å²) in [5.41, 5.74) is 7.76. The minimum atomic E-state index is -0.837. The Kier molecular flexibility index (Phi) is 9.91. The van der Waals surface area contributed by atoms with E-state index in [9.17, 15) is 9.90 Å². The Hall–Kier alpha value is -2.21. The molecule has 1 saturated heterocycles. The minimum Gasteiger partial charge on any atom is -0.490 e. The van der Waals surface area contributed by atoms with E-state index >= 15 is 4.39 Å². The first-order valence-electron chi connectivity index (χ1n) is 11.3. The molecular weight excluding hydrogens is 525 g/mol. The SMILES string of the molecule is Cc1nc([C@@H](C)c2cc(Cl)c(F)c(C(=O)N3CCC[C@H](O)C3)c2OC(C)C)n2ccnc(N)c12.S.S. The van der Waals surface area contributed by atoms with Crippen LogP contribution in [0.3, 0.4) is 0 Å². The van der Waals surface area contributed by atoms with Crippen LogP contribution < -0.4 is 10.5 Å².